The molecule has 0 amide bonds. The summed E-state index contributed by atoms with van der Waals surface area (Å²) in [6.07, 6.45) is 21.9. The summed E-state index contributed by atoms with van der Waals surface area (Å²) in [7, 11) is -0.907. The molecule has 0 radical (unpaired) electrons. The number of carbonyl (C=O) groups is 1. The normalized spacial score (nSPS) is 15.3. The first kappa shape index (κ1) is 39.0. The molecule has 6 nitrogen and oxygen atoms in total. The molecule has 42 heavy (non-hydrogen) atoms. The van der Waals surface area contributed by atoms with Crippen LogP contribution in [-0.2, 0) is 30.2 Å². The Hall–Kier alpha value is -0.980. The summed E-state index contributed by atoms with van der Waals surface area (Å²) >= 11 is 4.71. The summed E-state index contributed by atoms with van der Waals surface area (Å²) in [5, 5.41) is 10.7. The molecule has 0 aromatic heterocycles. The zero-order valence-electron chi connectivity index (χ0n) is 26.6. The molecule has 4 atom stereocenters. The minimum absolute atomic E-state index is 0.0628. The molecule has 1 aromatic carbocycles. The molecule has 0 bridgehead atoms. The first-order valence-corrected chi connectivity index (χ1v) is 18.0. The molecule has 0 saturated heterocycles. The van der Waals surface area contributed by atoms with E-state index in [1.807, 2.05) is 25.1 Å². The first-order valence-electron chi connectivity index (χ1n) is 16.7. The van der Waals surface area contributed by atoms with Crippen molar-refractivity contribution in [1.29, 1.82) is 0 Å². The SMILES string of the molecule is CCCCCCCCCCCC(CCCCCCCC)CC(S)OC(CC)OC(O)(P=O)C(=O)OCc1ccccc1. The van der Waals surface area contributed by atoms with Gasteiger partial charge in [0, 0.05) is 0 Å². The number of unbranched alkanes of at least 4 members (excludes halogenated alkanes) is 13. The van der Waals surface area contributed by atoms with Gasteiger partial charge in [0.15, 0.2) is 6.29 Å². The van der Waals surface area contributed by atoms with Crippen LogP contribution in [0.4, 0.5) is 0 Å². The van der Waals surface area contributed by atoms with Crippen LogP contribution < -0.4 is 0 Å². The number of thiol groups is 1. The van der Waals surface area contributed by atoms with E-state index in [1.54, 1.807) is 12.1 Å². The van der Waals surface area contributed by atoms with Gasteiger partial charge in [0.05, 0.1) is 0 Å². The Morgan fingerprint density at radius 3 is 1.81 bits per heavy atom. The topological polar surface area (TPSA) is 82.1 Å². The highest BCUT2D eigenvalue weighted by Gasteiger charge is 2.43. The van der Waals surface area contributed by atoms with Crippen molar-refractivity contribution in [1.82, 2.24) is 0 Å². The largest absolute Gasteiger partial charge is 0.456 e. The lowest BCUT2D eigenvalue weighted by Gasteiger charge is -2.28. The monoisotopic (exact) mass is 626 g/mol. The van der Waals surface area contributed by atoms with Crippen LogP contribution in [0.5, 0.6) is 0 Å². The lowest BCUT2D eigenvalue weighted by atomic mass is 9.91. The summed E-state index contributed by atoms with van der Waals surface area (Å²) in [6.45, 7) is 6.26. The lowest BCUT2D eigenvalue weighted by Crippen LogP contribution is -2.42. The van der Waals surface area contributed by atoms with Crippen LogP contribution in [-0.4, -0.2) is 28.3 Å². The number of ether oxygens (including phenoxy) is 3. The minimum atomic E-state index is -2.64. The number of benzene rings is 1. The van der Waals surface area contributed by atoms with Crippen molar-refractivity contribution in [2.45, 2.75) is 167 Å². The number of carbonyl (C=O) groups excluding carboxylic acids is 1. The Labute approximate surface area is 263 Å². The minimum Gasteiger partial charge on any atom is -0.456 e. The fourth-order valence-electron chi connectivity index (χ4n) is 5.17. The van der Waals surface area contributed by atoms with Gasteiger partial charge >= 0.3 is 11.5 Å². The van der Waals surface area contributed by atoms with E-state index in [9.17, 15) is 14.5 Å². The fourth-order valence-corrected chi connectivity index (χ4v) is 5.90. The van der Waals surface area contributed by atoms with Gasteiger partial charge in [-0.05, 0) is 24.3 Å². The summed E-state index contributed by atoms with van der Waals surface area (Å²) in [5.74, 6) is -0.625. The van der Waals surface area contributed by atoms with E-state index in [0.29, 0.717) is 12.3 Å². The lowest BCUT2D eigenvalue weighted by molar-refractivity contribution is -0.259. The third kappa shape index (κ3) is 18.6. The molecule has 8 heteroatoms. The number of hydrogen-bond acceptors (Lipinski definition) is 7. The van der Waals surface area contributed by atoms with E-state index in [0.717, 1.165) is 24.8 Å². The van der Waals surface area contributed by atoms with Crippen LogP contribution in [0.3, 0.4) is 0 Å². The molecule has 0 aliphatic heterocycles. The zero-order valence-corrected chi connectivity index (χ0v) is 28.4. The smallest absolute Gasteiger partial charge is 0.380 e. The molecule has 0 heterocycles. The molecular formula is C34H59O6PS. The molecule has 0 aliphatic carbocycles. The van der Waals surface area contributed by atoms with Crippen molar-refractivity contribution < 1.29 is 28.7 Å². The Balaban J connectivity index is 2.58. The van der Waals surface area contributed by atoms with Gasteiger partial charge in [-0.15, -0.1) is 12.6 Å². The molecule has 4 unspecified atom stereocenters. The highest BCUT2D eigenvalue weighted by Crippen LogP contribution is 2.30. The van der Waals surface area contributed by atoms with Gasteiger partial charge in [0.25, 0.3) is 0 Å². The van der Waals surface area contributed by atoms with Crippen molar-refractivity contribution in [3.05, 3.63) is 35.9 Å². The Kier molecular flexibility index (Phi) is 23.6. The van der Waals surface area contributed by atoms with E-state index in [1.165, 1.54) is 96.3 Å². The van der Waals surface area contributed by atoms with Gasteiger partial charge in [-0.2, -0.15) is 0 Å². The average molecular weight is 627 g/mol. The van der Waals surface area contributed by atoms with Crippen LogP contribution in [0.25, 0.3) is 0 Å². The molecular weight excluding hydrogens is 567 g/mol. The van der Waals surface area contributed by atoms with Crippen molar-refractivity contribution in [3.63, 3.8) is 0 Å². The molecule has 0 fully saturated rings. The molecule has 0 aliphatic rings. The van der Waals surface area contributed by atoms with Crippen molar-refractivity contribution in [2.24, 2.45) is 5.92 Å². The number of rotatable bonds is 28. The van der Waals surface area contributed by atoms with Crippen molar-refractivity contribution in [2.75, 3.05) is 0 Å². The molecule has 0 saturated carbocycles. The Bertz CT molecular complexity index is 797. The predicted octanol–water partition coefficient (Wildman–Crippen LogP) is 10.4. The third-order valence-corrected chi connectivity index (χ3v) is 8.63. The summed E-state index contributed by atoms with van der Waals surface area (Å²) < 4.78 is 28.5. The summed E-state index contributed by atoms with van der Waals surface area (Å²) in [6, 6.07) is 9.08. The molecule has 1 aromatic rings. The van der Waals surface area contributed by atoms with E-state index < -0.39 is 31.7 Å². The highest BCUT2D eigenvalue weighted by atomic mass is 32.1. The second-order valence-electron chi connectivity index (χ2n) is 11.6. The van der Waals surface area contributed by atoms with Gasteiger partial charge in [-0.25, -0.2) is 4.79 Å². The summed E-state index contributed by atoms with van der Waals surface area (Å²) in [5.41, 5.74) is -2.32. The van der Waals surface area contributed by atoms with Gasteiger partial charge in [0.2, 0.25) is 8.46 Å². The van der Waals surface area contributed by atoms with Gasteiger partial charge in [-0.1, -0.05) is 160 Å². The zero-order chi connectivity index (χ0) is 30.9. The Morgan fingerprint density at radius 1 is 0.833 bits per heavy atom. The van der Waals surface area contributed by atoms with E-state index in [-0.39, 0.29) is 6.61 Å². The molecule has 1 N–H and O–H groups in total. The van der Waals surface area contributed by atoms with E-state index >= 15 is 0 Å². The van der Waals surface area contributed by atoms with Gasteiger partial charge < -0.3 is 19.3 Å². The van der Waals surface area contributed by atoms with E-state index in [4.69, 9.17) is 26.8 Å². The summed E-state index contributed by atoms with van der Waals surface area (Å²) in [4.78, 5) is 12.6. The van der Waals surface area contributed by atoms with Crippen LogP contribution in [0.2, 0.25) is 0 Å². The van der Waals surface area contributed by atoms with Gasteiger partial charge in [0.1, 0.15) is 12.0 Å². The molecule has 1 rings (SSSR count). The molecule has 242 valence electrons. The maximum atomic E-state index is 12.6. The molecule has 0 spiro atoms. The van der Waals surface area contributed by atoms with Crippen LogP contribution >= 0.6 is 21.1 Å². The van der Waals surface area contributed by atoms with Crippen molar-refractivity contribution in [3.8, 4) is 0 Å². The second kappa shape index (κ2) is 25.4. The predicted molar refractivity (Wildman–Crippen MR) is 176 cm³/mol. The fraction of sp³-hybridized carbons (Fsp3) is 0.794. The number of aliphatic hydroxyl groups is 1. The number of hydrogen-bond donors (Lipinski definition) is 2. The third-order valence-electron chi connectivity index (χ3n) is 7.76. The van der Waals surface area contributed by atoms with Gasteiger partial charge in [-0.3, -0.25) is 4.57 Å². The average Bonchev–Trinajstić information content (AvgIpc) is 3.00. The van der Waals surface area contributed by atoms with Crippen LogP contribution in [0.1, 0.15) is 148 Å². The first-order chi connectivity index (χ1) is 20.4. The van der Waals surface area contributed by atoms with Crippen molar-refractivity contribution >= 4 is 27.1 Å². The Morgan fingerprint density at radius 2 is 1.33 bits per heavy atom. The standard InChI is InChI=1S/C34H59O6PS/c1-4-7-9-11-13-14-15-17-20-24-29(23-19-16-12-10-8-5-2)27-32(42)39-31(6-3)40-34(36,41-37)33(35)38-28-30-25-21-18-22-26-30/h18,21-22,25-26,29,31-32,36,42H,4-17,19-20,23-24,27-28H2,1-3H3. The van der Waals surface area contributed by atoms with Crippen LogP contribution in [0, 0.1) is 5.92 Å². The maximum Gasteiger partial charge on any atom is 0.380 e. The second-order valence-corrected chi connectivity index (χ2v) is 12.9. The number of esters is 1. The highest BCUT2D eigenvalue weighted by molar-refractivity contribution is 7.80. The maximum absolute atomic E-state index is 12.6. The quantitative estimate of drug-likeness (QED) is 0.0317. The van der Waals surface area contributed by atoms with E-state index in [2.05, 4.69) is 13.8 Å². The van der Waals surface area contributed by atoms with Crippen LogP contribution in [0.15, 0.2) is 30.3 Å².